The van der Waals surface area contributed by atoms with Gasteiger partial charge in [-0.05, 0) is 45.4 Å². The van der Waals surface area contributed by atoms with Crippen molar-refractivity contribution in [1.29, 1.82) is 0 Å². The Morgan fingerprint density at radius 2 is 1.67 bits per heavy atom. The van der Waals surface area contributed by atoms with E-state index in [0.29, 0.717) is 5.41 Å². The van der Waals surface area contributed by atoms with E-state index in [-0.39, 0.29) is 5.54 Å². The van der Waals surface area contributed by atoms with Gasteiger partial charge in [-0.25, -0.2) is 0 Å². The SMILES string of the molecule is CCCC1(CNC(C)(C)C)CCCCC1. The molecule has 0 radical (unpaired) electrons. The van der Waals surface area contributed by atoms with Crippen LogP contribution in [0.25, 0.3) is 0 Å². The van der Waals surface area contributed by atoms with Crippen LogP contribution in [0.5, 0.6) is 0 Å². The second kappa shape index (κ2) is 5.34. The molecule has 0 aromatic rings. The molecule has 1 aliphatic rings. The van der Waals surface area contributed by atoms with Gasteiger partial charge in [0.05, 0.1) is 0 Å². The summed E-state index contributed by atoms with van der Waals surface area (Å²) in [6.07, 6.45) is 10.0. The lowest BCUT2D eigenvalue weighted by molar-refractivity contribution is 0.151. The molecule has 0 amide bonds. The highest BCUT2D eigenvalue weighted by Gasteiger charge is 2.31. The van der Waals surface area contributed by atoms with Crippen LogP contribution in [-0.4, -0.2) is 12.1 Å². The van der Waals surface area contributed by atoms with Crippen LogP contribution in [0.15, 0.2) is 0 Å². The van der Waals surface area contributed by atoms with Gasteiger partial charge < -0.3 is 5.32 Å². The number of hydrogen-bond acceptors (Lipinski definition) is 1. The molecule has 1 aliphatic carbocycles. The fourth-order valence-corrected chi connectivity index (χ4v) is 2.80. The molecular weight excluding hydrogens is 182 g/mol. The van der Waals surface area contributed by atoms with Gasteiger partial charge in [-0.15, -0.1) is 0 Å². The number of hydrogen-bond donors (Lipinski definition) is 1. The van der Waals surface area contributed by atoms with Crippen LogP contribution in [0.2, 0.25) is 0 Å². The third-order valence-electron chi connectivity index (χ3n) is 3.69. The molecule has 15 heavy (non-hydrogen) atoms. The molecule has 1 heteroatoms. The van der Waals surface area contributed by atoms with Crippen molar-refractivity contribution >= 4 is 0 Å². The second-order valence-corrected chi connectivity index (χ2v) is 6.41. The summed E-state index contributed by atoms with van der Waals surface area (Å²) in [6, 6.07) is 0. The van der Waals surface area contributed by atoms with Gasteiger partial charge in [0, 0.05) is 12.1 Å². The summed E-state index contributed by atoms with van der Waals surface area (Å²) in [5, 5.41) is 3.72. The topological polar surface area (TPSA) is 12.0 Å². The van der Waals surface area contributed by atoms with Crippen molar-refractivity contribution in [3.05, 3.63) is 0 Å². The summed E-state index contributed by atoms with van der Waals surface area (Å²) in [4.78, 5) is 0. The minimum absolute atomic E-state index is 0.276. The Morgan fingerprint density at radius 3 is 2.13 bits per heavy atom. The lowest BCUT2D eigenvalue weighted by Gasteiger charge is -2.39. The Morgan fingerprint density at radius 1 is 1.07 bits per heavy atom. The molecule has 0 aromatic heterocycles. The predicted octanol–water partition coefficient (Wildman–Crippen LogP) is 4.13. The highest BCUT2D eigenvalue weighted by Crippen LogP contribution is 2.39. The van der Waals surface area contributed by atoms with Gasteiger partial charge in [-0.3, -0.25) is 0 Å². The molecule has 90 valence electrons. The summed E-state index contributed by atoms with van der Waals surface area (Å²) >= 11 is 0. The summed E-state index contributed by atoms with van der Waals surface area (Å²) in [6.45, 7) is 10.4. The Bertz CT molecular complexity index is 167. The van der Waals surface area contributed by atoms with Gasteiger partial charge in [0.15, 0.2) is 0 Å². The summed E-state index contributed by atoms with van der Waals surface area (Å²) in [5.74, 6) is 0. The Kier molecular flexibility index (Phi) is 4.64. The van der Waals surface area contributed by atoms with E-state index in [2.05, 4.69) is 33.0 Å². The summed E-state index contributed by atoms with van der Waals surface area (Å²) < 4.78 is 0. The van der Waals surface area contributed by atoms with Crippen molar-refractivity contribution in [3.63, 3.8) is 0 Å². The number of rotatable bonds is 4. The lowest BCUT2D eigenvalue weighted by Crippen LogP contribution is -2.44. The lowest BCUT2D eigenvalue weighted by atomic mass is 9.71. The molecule has 0 aromatic carbocycles. The normalized spacial score (nSPS) is 21.6. The first-order valence-corrected chi connectivity index (χ1v) is 6.72. The first kappa shape index (κ1) is 13.0. The molecule has 0 saturated heterocycles. The number of nitrogens with one attached hydrogen (secondary N) is 1. The van der Waals surface area contributed by atoms with Crippen LogP contribution in [0.1, 0.15) is 72.6 Å². The summed E-state index contributed by atoms with van der Waals surface area (Å²) in [5.41, 5.74) is 0.901. The third-order valence-corrected chi connectivity index (χ3v) is 3.69. The first-order chi connectivity index (χ1) is 6.97. The van der Waals surface area contributed by atoms with Gasteiger partial charge in [0.1, 0.15) is 0 Å². The minimum Gasteiger partial charge on any atom is -0.312 e. The van der Waals surface area contributed by atoms with E-state index in [1.54, 1.807) is 0 Å². The zero-order chi connectivity index (χ0) is 11.4. The first-order valence-electron chi connectivity index (χ1n) is 6.72. The van der Waals surface area contributed by atoms with Crippen molar-refractivity contribution in [3.8, 4) is 0 Å². The van der Waals surface area contributed by atoms with E-state index in [1.165, 1.54) is 51.5 Å². The highest BCUT2D eigenvalue weighted by atomic mass is 15.0. The fraction of sp³-hybridized carbons (Fsp3) is 1.00. The molecule has 0 bridgehead atoms. The standard InChI is InChI=1S/C14H29N/c1-5-9-14(10-7-6-8-11-14)12-15-13(2,3)4/h15H,5-12H2,1-4H3. The molecule has 1 rings (SSSR count). The molecule has 0 atom stereocenters. The van der Waals surface area contributed by atoms with E-state index in [4.69, 9.17) is 0 Å². The smallest absolute Gasteiger partial charge is 0.00967 e. The maximum absolute atomic E-state index is 3.72. The van der Waals surface area contributed by atoms with Crippen molar-refractivity contribution in [2.24, 2.45) is 5.41 Å². The van der Waals surface area contributed by atoms with Gasteiger partial charge in [0.25, 0.3) is 0 Å². The minimum atomic E-state index is 0.276. The summed E-state index contributed by atoms with van der Waals surface area (Å²) in [7, 11) is 0. The predicted molar refractivity (Wildman–Crippen MR) is 68.2 cm³/mol. The molecule has 1 N–H and O–H groups in total. The average molecular weight is 211 g/mol. The molecule has 1 nitrogen and oxygen atoms in total. The van der Waals surface area contributed by atoms with Crippen LogP contribution in [0.4, 0.5) is 0 Å². The molecule has 1 fully saturated rings. The van der Waals surface area contributed by atoms with Gasteiger partial charge >= 0.3 is 0 Å². The molecule has 0 unspecified atom stereocenters. The van der Waals surface area contributed by atoms with Crippen LogP contribution >= 0.6 is 0 Å². The van der Waals surface area contributed by atoms with Crippen molar-refractivity contribution in [2.75, 3.05) is 6.54 Å². The molecule has 0 aliphatic heterocycles. The van der Waals surface area contributed by atoms with Crippen molar-refractivity contribution < 1.29 is 0 Å². The van der Waals surface area contributed by atoms with E-state index < -0.39 is 0 Å². The third kappa shape index (κ3) is 4.55. The molecule has 0 spiro atoms. The van der Waals surface area contributed by atoms with E-state index in [0.717, 1.165) is 0 Å². The van der Waals surface area contributed by atoms with Crippen LogP contribution in [0, 0.1) is 5.41 Å². The van der Waals surface area contributed by atoms with Crippen LogP contribution in [-0.2, 0) is 0 Å². The molecular formula is C14H29N. The monoisotopic (exact) mass is 211 g/mol. The molecule has 1 saturated carbocycles. The quantitative estimate of drug-likeness (QED) is 0.737. The maximum atomic E-state index is 3.72. The molecule has 0 heterocycles. The largest absolute Gasteiger partial charge is 0.312 e. The van der Waals surface area contributed by atoms with Gasteiger partial charge in [-0.1, -0.05) is 32.6 Å². The van der Waals surface area contributed by atoms with E-state index in [1.807, 2.05) is 0 Å². The van der Waals surface area contributed by atoms with E-state index >= 15 is 0 Å². The fourth-order valence-electron chi connectivity index (χ4n) is 2.80. The average Bonchev–Trinajstić information content (AvgIpc) is 2.16. The zero-order valence-electron chi connectivity index (χ0n) is 11.2. The van der Waals surface area contributed by atoms with Crippen molar-refractivity contribution in [2.45, 2.75) is 78.2 Å². The van der Waals surface area contributed by atoms with Gasteiger partial charge in [0.2, 0.25) is 0 Å². The van der Waals surface area contributed by atoms with Crippen LogP contribution < -0.4 is 5.32 Å². The highest BCUT2D eigenvalue weighted by molar-refractivity contribution is 4.87. The van der Waals surface area contributed by atoms with Crippen LogP contribution in [0.3, 0.4) is 0 Å². The second-order valence-electron chi connectivity index (χ2n) is 6.41. The Hall–Kier alpha value is -0.0400. The maximum Gasteiger partial charge on any atom is 0.00967 e. The van der Waals surface area contributed by atoms with Gasteiger partial charge in [-0.2, -0.15) is 0 Å². The Labute approximate surface area is 96.0 Å². The van der Waals surface area contributed by atoms with Crippen molar-refractivity contribution in [1.82, 2.24) is 5.32 Å². The van der Waals surface area contributed by atoms with E-state index in [9.17, 15) is 0 Å². The zero-order valence-corrected chi connectivity index (χ0v) is 11.2. The Balaban J connectivity index is 2.48.